The third-order valence-corrected chi connectivity index (χ3v) is 3.40. The first-order valence-corrected chi connectivity index (χ1v) is 6.84. The third-order valence-electron chi connectivity index (χ3n) is 3.40. The van der Waals surface area contributed by atoms with E-state index in [2.05, 4.69) is 17.4 Å². The van der Waals surface area contributed by atoms with Gasteiger partial charge in [0.25, 0.3) is 0 Å². The standard InChI is InChI=1S/C15H23NO2/c1-17-15-5-2-4-13(12-15)8-11-18-14-6-3-9-16-10-7-14/h2,4-5,12,14,16H,3,6-11H2,1H3. The van der Waals surface area contributed by atoms with Gasteiger partial charge in [-0.15, -0.1) is 0 Å². The SMILES string of the molecule is COc1cccc(CCOC2CCCNCC2)c1. The van der Waals surface area contributed by atoms with Crippen molar-refractivity contribution in [2.45, 2.75) is 31.8 Å². The van der Waals surface area contributed by atoms with E-state index in [1.165, 1.54) is 18.4 Å². The van der Waals surface area contributed by atoms with Crippen molar-refractivity contribution in [1.29, 1.82) is 0 Å². The maximum Gasteiger partial charge on any atom is 0.119 e. The number of rotatable bonds is 5. The molecule has 0 radical (unpaired) electrons. The molecule has 1 saturated heterocycles. The van der Waals surface area contributed by atoms with Crippen LogP contribution in [-0.2, 0) is 11.2 Å². The average molecular weight is 249 g/mol. The van der Waals surface area contributed by atoms with Crippen LogP contribution < -0.4 is 10.1 Å². The van der Waals surface area contributed by atoms with Gasteiger partial charge in [-0.25, -0.2) is 0 Å². The number of ether oxygens (including phenoxy) is 2. The molecule has 0 amide bonds. The van der Waals surface area contributed by atoms with Crippen LogP contribution in [0.25, 0.3) is 0 Å². The normalized spacial score (nSPS) is 20.4. The Morgan fingerprint density at radius 1 is 1.28 bits per heavy atom. The number of hydrogen-bond donors (Lipinski definition) is 1. The van der Waals surface area contributed by atoms with Gasteiger partial charge in [0, 0.05) is 0 Å². The molecule has 1 aliphatic heterocycles. The summed E-state index contributed by atoms with van der Waals surface area (Å²) in [7, 11) is 1.70. The summed E-state index contributed by atoms with van der Waals surface area (Å²) in [5, 5.41) is 3.40. The second kappa shape index (κ2) is 7.39. The van der Waals surface area contributed by atoms with Crippen LogP contribution >= 0.6 is 0 Å². The van der Waals surface area contributed by atoms with Crippen LogP contribution in [0.4, 0.5) is 0 Å². The molecule has 1 fully saturated rings. The number of nitrogens with one attached hydrogen (secondary N) is 1. The summed E-state index contributed by atoms with van der Waals surface area (Å²) in [6.45, 7) is 3.03. The molecule has 0 bridgehead atoms. The molecular formula is C15H23NO2. The number of hydrogen-bond acceptors (Lipinski definition) is 3. The summed E-state index contributed by atoms with van der Waals surface area (Å²) >= 11 is 0. The fourth-order valence-electron chi connectivity index (χ4n) is 2.33. The summed E-state index contributed by atoms with van der Waals surface area (Å²) in [6, 6.07) is 8.21. The molecule has 0 aliphatic carbocycles. The molecule has 3 nitrogen and oxygen atoms in total. The Morgan fingerprint density at radius 2 is 2.22 bits per heavy atom. The minimum atomic E-state index is 0.436. The van der Waals surface area contributed by atoms with E-state index in [1.54, 1.807) is 7.11 Å². The molecular weight excluding hydrogens is 226 g/mol. The zero-order chi connectivity index (χ0) is 12.6. The fraction of sp³-hybridized carbons (Fsp3) is 0.600. The molecule has 2 rings (SSSR count). The number of benzene rings is 1. The lowest BCUT2D eigenvalue weighted by atomic mass is 10.1. The topological polar surface area (TPSA) is 30.5 Å². The lowest BCUT2D eigenvalue weighted by Gasteiger charge is -2.15. The maximum absolute atomic E-state index is 5.96. The van der Waals surface area contributed by atoms with Crippen molar-refractivity contribution in [3.05, 3.63) is 29.8 Å². The van der Waals surface area contributed by atoms with Crippen molar-refractivity contribution >= 4 is 0 Å². The molecule has 0 spiro atoms. The van der Waals surface area contributed by atoms with Crippen molar-refractivity contribution in [3.8, 4) is 5.75 Å². The van der Waals surface area contributed by atoms with Crippen LogP contribution in [-0.4, -0.2) is 32.9 Å². The average Bonchev–Trinajstić information content (AvgIpc) is 2.68. The van der Waals surface area contributed by atoms with E-state index in [0.717, 1.165) is 38.3 Å². The van der Waals surface area contributed by atoms with Crippen molar-refractivity contribution < 1.29 is 9.47 Å². The van der Waals surface area contributed by atoms with Gasteiger partial charge >= 0.3 is 0 Å². The first-order chi connectivity index (χ1) is 8.88. The first kappa shape index (κ1) is 13.4. The molecule has 100 valence electrons. The zero-order valence-electron chi connectivity index (χ0n) is 11.2. The maximum atomic E-state index is 5.96. The molecule has 1 atom stereocenters. The largest absolute Gasteiger partial charge is 0.497 e. The van der Waals surface area contributed by atoms with Gasteiger partial charge in [-0.2, -0.15) is 0 Å². The van der Waals surface area contributed by atoms with Gasteiger partial charge in [-0.3, -0.25) is 0 Å². The van der Waals surface area contributed by atoms with Gasteiger partial charge in [-0.1, -0.05) is 12.1 Å². The zero-order valence-corrected chi connectivity index (χ0v) is 11.2. The van der Waals surface area contributed by atoms with Crippen LogP contribution in [0.1, 0.15) is 24.8 Å². The predicted octanol–water partition coefficient (Wildman–Crippen LogP) is 2.40. The lowest BCUT2D eigenvalue weighted by Crippen LogP contribution is -2.18. The van der Waals surface area contributed by atoms with Crippen molar-refractivity contribution in [3.63, 3.8) is 0 Å². The third kappa shape index (κ3) is 4.31. The van der Waals surface area contributed by atoms with Crippen LogP contribution in [0, 0.1) is 0 Å². The first-order valence-electron chi connectivity index (χ1n) is 6.84. The Balaban J connectivity index is 1.73. The molecule has 3 heteroatoms. The van der Waals surface area contributed by atoms with E-state index in [0.29, 0.717) is 6.10 Å². The highest BCUT2D eigenvalue weighted by Crippen LogP contribution is 2.14. The summed E-state index contributed by atoms with van der Waals surface area (Å²) in [6.07, 6.45) is 4.94. The molecule has 1 aliphatic rings. The second-order valence-corrected chi connectivity index (χ2v) is 4.78. The van der Waals surface area contributed by atoms with E-state index >= 15 is 0 Å². The van der Waals surface area contributed by atoms with Crippen LogP contribution in [0.2, 0.25) is 0 Å². The second-order valence-electron chi connectivity index (χ2n) is 4.78. The summed E-state index contributed by atoms with van der Waals surface area (Å²) in [4.78, 5) is 0. The van der Waals surface area contributed by atoms with Gasteiger partial charge < -0.3 is 14.8 Å². The highest BCUT2D eigenvalue weighted by molar-refractivity contribution is 5.28. The molecule has 1 heterocycles. The molecule has 1 aromatic rings. The minimum absolute atomic E-state index is 0.436. The summed E-state index contributed by atoms with van der Waals surface area (Å²) in [5.74, 6) is 0.922. The Kier molecular flexibility index (Phi) is 5.49. The molecule has 0 aromatic heterocycles. The molecule has 1 N–H and O–H groups in total. The Bertz CT molecular complexity index is 346. The molecule has 0 saturated carbocycles. The Labute approximate surface area is 109 Å². The Hall–Kier alpha value is -1.06. The van der Waals surface area contributed by atoms with Crippen molar-refractivity contribution in [2.75, 3.05) is 26.8 Å². The summed E-state index contributed by atoms with van der Waals surface area (Å²) in [5.41, 5.74) is 1.28. The quantitative estimate of drug-likeness (QED) is 0.869. The van der Waals surface area contributed by atoms with Crippen LogP contribution in [0.3, 0.4) is 0 Å². The van der Waals surface area contributed by atoms with Crippen molar-refractivity contribution in [1.82, 2.24) is 5.32 Å². The van der Waals surface area contributed by atoms with E-state index in [-0.39, 0.29) is 0 Å². The fourth-order valence-corrected chi connectivity index (χ4v) is 2.33. The Morgan fingerprint density at radius 3 is 3.11 bits per heavy atom. The van der Waals surface area contributed by atoms with E-state index in [4.69, 9.17) is 9.47 Å². The van der Waals surface area contributed by atoms with E-state index in [1.807, 2.05) is 12.1 Å². The van der Waals surface area contributed by atoms with E-state index < -0.39 is 0 Å². The van der Waals surface area contributed by atoms with Gasteiger partial charge in [-0.05, 0) is 56.5 Å². The smallest absolute Gasteiger partial charge is 0.119 e. The van der Waals surface area contributed by atoms with Crippen LogP contribution in [0.5, 0.6) is 5.75 Å². The molecule has 1 aromatic carbocycles. The summed E-state index contributed by atoms with van der Waals surface area (Å²) < 4.78 is 11.2. The van der Waals surface area contributed by atoms with Gasteiger partial charge in [0.2, 0.25) is 0 Å². The number of methoxy groups -OCH3 is 1. The predicted molar refractivity (Wildman–Crippen MR) is 73.2 cm³/mol. The van der Waals surface area contributed by atoms with Crippen LogP contribution in [0.15, 0.2) is 24.3 Å². The van der Waals surface area contributed by atoms with Gasteiger partial charge in [0.05, 0.1) is 19.8 Å². The minimum Gasteiger partial charge on any atom is -0.497 e. The monoisotopic (exact) mass is 249 g/mol. The van der Waals surface area contributed by atoms with E-state index in [9.17, 15) is 0 Å². The highest BCUT2D eigenvalue weighted by atomic mass is 16.5. The van der Waals surface area contributed by atoms with Gasteiger partial charge in [0.1, 0.15) is 5.75 Å². The van der Waals surface area contributed by atoms with Gasteiger partial charge in [0.15, 0.2) is 0 Å². The molecule has 18 heavy (non-hydrogen) atoms. The lowest BCUT2D eigenvalue weighted by molar-refractivity contribution is 0.0475. The molecule has 1 unspecified atom stereocenters. The van der Waals surface area contributed by atoms with Crippen molar-refractivity contribution in [2.24, 2.45) is 0 Å². The highest BCUT2D eigenvalue weighted by Gasteiger charge is 2.11.